The average Bonchev–Trinajstić information content (AvgIpc) is 3.12. The van der Waals surface area contributed by atoms with Crippen LogP contribution in [0.4, 0.5) is 0 Å². The molecule has 2 nitrogen and oxygen atoms in total. The lowest BCUT2D eigenvalue weighted by Gasteiger charge is -2.03. The number of carbonyl (C=O) groups excluding carboxylic acids is 1. The minimum atomic E-state index is 0.123. The largest absolute Gasteiger partial charge is 0.367 e. The lowest BCUT2D eigenvalue weighted by atomic mass is 10.0. The first-order valence-corrected chi connectivity index (χ1v) is 9.85. The van der Waals surface area contributed by atoms with E-state index in [-0.39, 0.29) is 11.4 Å². The third-order valence-corrected chi connectivity index (χ3v) is 5.02. The van der Waals surface area contributed by atoms with E-state index in [1.807, 2.05) is 0 Å². The van der Waals surface area contributed by atoms with Crippen LogP contribution >= 0.6 is 0 Å². The number of epoxide rings is 1. The molecule has 0 aromatic heterocycles. The zero-order chi connectivity index (χ0) is 18.9. The highest BCUT2D eigenvalue weighted by atomic mass is 16.6. The smallest absolute Gasteiger partial charge is 0.130 e. The summed E-state index contributed by atoms with van der Waals surface area (Å²) in [7, 11) is 0. The van der Waals surface area contributed by atoms with Crippen LogP contribution < -0.4 is 0 Å². The van der Waals surface area contributed by atoms with Crippen molar-refractivity contribution >= 4 is 5.78 Å². The topological polar surface area (TPSA) is 29.6 Å². The molecule has 1 aliphatic rings. The van der Waals surface area contributed by atoms with Gasteiger partial charge in [-0.05, 0) is 86.5 Å². The van der Waals surface area contributed by atoms with Gasteiger partial charge in [0, 0.05) is 6.42 Å². The molecule has 0 saturated carbocycles. The Morgan fingerprint density at radius 2 is 1.20 bits per heavy atom. The van der Waals surface area contributed by atoms with E-state index in [2.05, 4.69) is 52.8 Å². The van der Waals surface area contributed by atoms with Crippen LogP contribution in [0.3, 0.4) is 0 Å². The molecule has 0 spiro atoms. The molecule has 25 heavy (non-hydrogen) atoms. The Labute approximate surface area is 155 Å². The van der Waals surface area contributed by atoms with E-state index >= 15 is 0 Å². The molecule has 0 radical (unpaired) electrons. The lowest BCUT2D eigenvalue weighted by molar-refractivity contribution is -0.116. The highest BCUT2D eigenvalue weighted by Gasteiger charge is 2.46. The summed E-state index contributed by atoms with van der Waals surface area (Å²) in [6, 6.07) is 0. The highest BCUT2D eigenvalue weighted by Crippen LogP contribution is 2.38. The molecule has 142 valence electrons. The van der Waals surface area contributed by atoms with Gasteiger partial charge in [0.15, 0.2) is 0 Å². The number of ketones is 1. The molecule has 0 aliphatic carbocycles. The van der Waals surface area contributed by atoms with Gasteiger partial charge in [-0.25, -0.2) is 0 Å². The van der Waals surface area contributed by atoms with Crippen molar-refractivity contribution < 1.29 is 9.53 Å². The van der Waals surface area contributed by atoms with Crippen LogP contribution in [0.5, 0.6) is 0 Å². The van der Waals surface area contributed by atoms with Crippen molar-refractivity contribution in [1.82, 2.24) is 0 Å². The van der Waals surface area contributed by atoms with Crippen molar-refractivity contribution in [3.63, 3.8) is 0 Å². The van der Waals surface area contributed by atoms with Gasteiger partial charge in [-0.1, -0.05) is 34.9 Å². The summed E-state index contributed by atoms with van der Waals surface area (Å²) in [5, 5.41) is 0. The second kappa shape index (κ2) is 10.8. The monoisotopic (exact) mass is 346 g/mol. The van der Waals surface area contributed by atoms with Crippen LogP contribution in [0.15, 0.2) is 34.9 Å². The molecule has 1 fully saturated rings. The molecule has 2 heteroatoms. The maximum absolute atomic E-state index is 10.9. The molecule has 1 unspecified atom stereocenters. The fraction of sp³-hybridized carbons (Fsp3) is 0.696. The van der Waals surface area contributed by atoms with Gasteiger partial charge in [0.05, 0.1) is 11.7 Å². The fourth-order valence-corrected chi connectivity index (χ4v) is 3.02. The summed E-state index contributed by atoms with van der Waals surface area (Å²) in [6.07, 6.45) is 15.8. The first kappa shape index (κ1) is 21.9. The van der Waals surface area contributed by atoms with Gasteiger partial charge in [0.1, 0.15) is 5.78 Å². The van der Waals surface area contributed by atoms with Crippen LogP contribution in [0.2, 0.25) is 0 Å². The second-order valence-corrected chi connectivity index (χ2v) is 8.22. The van der Waals surface area contributed by atoms with Crippen molar-refractivity contribution in [2.24, 2.45) is 0 Å². The van der Waals surface area contributed by atoms with E-state index < -0.39 is 0 Å². The molecule has 0 aromatic carbocycles. The molecular formula is C23H38O2. The third kappa shape index (κ3) is 10.4. The molecule has 1 rings (SSSR count). The Hall–Kier alpha value is -1.15. The van der Waals surface area contributed by atoms with Crippen LogP contribution in [0.25, 0.3) is 0 Å². The fourth-order valence-electron chi connectivity index (χ4n) is 3.02. The number of allylic oxidation sites excluding steroid dienone is 6. The van der Waals surface area contributed by atoms with E-state index in [1.54, 1.807) is 6.92 Å². The SMILES string of the molecule is CC(=O)CC/C=C(/C)CC/C=C(\C)CC/C=C(\C)CCC1OC1(C)C. The van der Waals surface area contributed by atoms with Crippen LogP contribution in [0.1, 0.15) is 92.9 Å². The van der Waals surface area contributed by atoms with Crippen molar-refractivity contribution in [2.75, 3.05) is 0 Å². The predicted molar refractivity (Wildman–Crippen MR) is 108 cm³/mol. The van der Waals surface area contributed by atoms with Gasteiger partial charge in [-0.3, -0.25) is 0 Å². The lowest BCUT2D eigenvalue weighted by Crippen LogP contribution is -2.02. The number of hydrogen-bond donors (Lipinski definition) is 0. The molecule has 1 aliphatic heterocycles. The van der Waals surface area contributed by atoms with Crippen molar-refractivity contribution in [3.8, 4) is 0 Å². The maximum atomic E-state index is 10.9. The third-order valence-electron chi connectivity index (χ3n) is 5.02. The van der Waals surface area contributed by atoms with Gasteiger partial charge in [0.2, 0.25) is 0 Å². The Kier molecular flexibility index (Phi) is 9.42. The quantitative estimate of drug-likeness (QED) is 0.290. The Morgan fingerprint density at radius 3 is 1.60 bits per heavy atom. The van der Waals surface area contributed by atoms with Crippen molar-refractivity contribution in [1.29, 1.82) is 0 Å². The number of rotatable bonds is 12. The first-order valence-electron chi connectivity index (χ1n) is 9.85. The zero-order valence-electron chi connectivity index (χ0n) is 17.3. The van der Waals surface area contributed by atoms with E-state index in [1.165, 1.54) is 16.7 Å². The van der Waals surface area contributed by atoms with Crippen LogP contribution in [0, 0.1) is 0 Å². The first-order chi connectivity index (χ1) is 11.7. The molecule has 1 atom stereocenters. The molecular weight excluding hydrogens is 308 g/mol. The van der Waals surface area contributed by atoms with Crippen molar-refractivity contribution in [3.05, 3.63) is 34.9 Å². The summed E-state index contributed by atoms with van der Waals surface area (Å²) in [5.41, 5.74) is 4.49. The number of hydrogen-bond acceptors (Lipinski definition) is 2. The normalized spacial score (nSPS) is 20.7. The molecule has 0 bridgehead atoms. The van der Waals surface area contributed by atoms with Gasteiger partial charge in [0.25, 0.3) is 0 Å². The summed E-state index contributed by atoms with van der Waals surface area (Å²) in [6.45, 7) is 12.6. The van der Waals surface area contributed by atoms with Gasteiger partial charge in [-0.2, -0.15) is 0 Å². The predicted octanol–water partition coefficient (Wildman–Crippen LogP) is 6.71. The highest BCUT2D eigenvalue weighted by molar-refractivity contribution is 5.75. The number of ether oxygens (including phenoxy) is 1. The maximum Gasteiger partial charge on any atom is 0.130 e. The molecule has 0 aromatic rings. The van der Waals surface area contributed by atoms with E-state index in [0.29, 0.717) is 12.5 Å². The average molecular weight is 347 g/mol. The van der Waals surface area contributed by atoms with Crippen LogP contribution in [-0.4, -0.2) is 17.5 Å². The number of Topliss-reactive ketones (excluding diaryl/α,β-unsaturated/α-hetero) is 1. The Balaban J connectivity index is 2.15. The van der Waals surface area contributed by atoms with E-state index in [0.717, 1.165) is 44.9 Å². The Bertz CT molecular complexity index is 520. The molecule has 1 heterocycles. The summed E-state index contributed by atoms with van der Waals surface area (Å²) >= 11 is 0. The second-order valence-electron chi connectivity index (χ2n) is 8.22. The van der Waals surface area contributed by atoms with Gasteiger partial charge >= 0.3 is 0 Å². The van der Waals surface area contributed by atoms with E-state index in [9.17, 15) is 4.79 Å². The minimum absolute atomic E-state index is 0.123. The molecule has 0 N–H and O–H groups in total. The van der Waals surface area contributed by atoms with Gasteiger partial charge in [-0.15, -0.1) is 0 Å². The van der Waals surface area contributed by atoms with Crippen molar-refractivity contribution in [2.45, 2.75) is 105 Å². The minimum Gasteiger partial charge on any atom is -0.367 e. The summed E-state index contributed by atoms with van der Waals surface area (Å²) in [5.74, 6) is 0.275. The molecule has 1 saturated heterocycles. The number of carbonyl (C=O) groups is 1. The van der Waals surface area contributed by atoms with E-state index in [4.69, 9.17) is 4.74 Å². The zero-order valence-corrected chi connectivity index (χ0v) is 17.3. The Morgan fingerprint density at radius 1 is 0.800 bits per heavy atom. The summed E-state index contributed by atoms with van der Waals surface area (Å²) in [4.78, 5) is 10.9. The van der Waals surface area contributed by atoms with Crippen LogP contribution in [-0.2, 0) is 9.53 Å². The summed E-state index contributed by atoms with van der Waals surface area (Å²) < 4.78 is 5.64. The van der Waals surface area contributed by atoms with Gasteiger partial charge < -0.3 is 9.53 Å². The molecule has 0 amide bonds. The standard InChI is InChI=1S/C23H38O2/c1-18(10-7-11-19(2)14-9-15-21(4)24)12-8-13-20(3)16-17-22-23(5,6)25-22/h10,13-14,22H,7-9,11-12,15-17H2,1-6H3/b18-10+,19-14-,20-13+.